The number of methoxy groups -OCH3 is 2. The Hall–Kier alpha value is -6.84. The van der Waals surface area contributed by atoms with Gasteiger partial charge in [0.05, 0.1) is 25.3 Å². The average Bonchev–Trinajstić information content (AvgIpc) is 3.19. The highest BCUT2D eigenvalue weighted by Crippen LogP contribution is 2.23. The molecule has 10 nitrogen and oxygen atoms in total. The molecule has 5 aromatic rings. The van der Waals surface area contributed by atoms with Crippen molar-refractivity contribution in [1.29, 1.82) is 0 Å². The first-order valence-corrected chi connectivity index (χ1v) is 17.4. The van der Waals surface area contributed by atoms with Crippen LogP contribution in [0, 0.1) is 34.9 Å². The second-order valence-corrected chi connectivity index (χ2v) is 13.0. The first-order chi connectivity index (χ1) is 27.6. The first kappa shape index (κ1) is 42.3. The van der Waals surface area contributed by atoms with Crippen molar-refractivity contribution in [3.05, 3.63) is 154 Å². The number of carbonyl (C=O) groups excluding carboxylic acids is 4. The minimum Gasteiger partial charge on any atom is -0.497 e. The Labute approximate surface area is 329 Å². The van der Waals surface area contributed by atoms with Crippen LogP contribution in [0.5, 0.6) is 11.5 Å². The lowest BCUT2D eigenvalue weighted by molar-refractivity contribution is -0.120. The monoisotopic (exact) mass is 806 g/mol. The number of nitrogens with zero attached hydrogens (tertiary/aromatic N) is 2. The van der Waals surface area contributed by atoms with Crippen molar-refractivity contribution < 1.29 is 55.0 Å². The molecule has 58 heavy (non-hydrogen) atoms. The highest BCUT2D eigenvalue weighted by atomic mass is 19.2. The van der Waals surface area contributed by atoms with Crippen molar-refractivity contribution in [3.8, 4) is 11.5 Å². The molecule has 0 aliphatic rings. The summed E-state index contributed by atoms with van der Waals surface area (Å²) in [5.41, 5.74) is -1.07. The molecule has 0 bridgehead atoms. The number of likely N-dealkylation sites (N-methyl/N-ethyl adjacent to an activating group) is 2. The van der Waals surface area contributed by atoms with E-state index in [1.165, 1.54) is 52.6 Å². The minimum atomic E-state index is -1.61. The second kappa shape index (κ2) is 18.4. The largest absolute Gasteiger partial charge is 0.497 e. The first-order valence-electron chi connectivity index (χ1n) is 17.4. The zero-order valence-corrected chi connectivity index (χ0v) is 31.4. The molecule has 302 valence electrons. The predicted octanol–water partition coefficient (Wildman–Crippen LogP) is 6.55. The summed E-state index contributed by atoms with van der Waals surface area (Å²) in [6, 6.07) is 14.8. The van der Waals surface area contributed by atoms with E-state index in [0.717, 1.165) is 34.1 Å². The van der Waals surface area contributed by atoms with Gasteiger partial charge in [-0.1, -0.05) is 0 Å². The third-order valence-electron chi connectivity index (χ3n) is 9.06. The molecule has 2 N–H and O–H groups in total. The van der Waals surface area contributed by atoms with Gasteiger partial charge in [-0.3, -0.25) is 19.2 Å². The van der Waals surface area contributed by atoms with Gasteiger partial charge in [-0.25, -0.2) is 26.3 Å². The van der Waals surface area contributed by atoms with E-state index >= 15 is 0 Å². The summed E-state index contributed by atoms with van der Waals surface area (Å²) in [6.07, 6.45) is -0.993. The van der Waals surface area contributed by atoms with E-state index in [-0.39, 0.29) is 11.1 Å². The molecule has 0 fully saturated rings. The smallest absolute Gasteiger partial charge is 0.252 e. The van der Waals surface area contributed by atoms with Crippen molar-refractivity contribution in [2.24, 2.45) is 0 Å². The highest BCUT2D eigenvalue weighted by Gasteiger charge is 2.31. The molecule has 0 aromatic heterocycles. The maximum atomic E-state index is 14.8. The third kappa shape index (κ3) is 10.3. The molecule has 0 aliphatic carbocycles. The third-order valence-corrected chi connectivity index (χ3v) is 9.06. The molecular formula is C42H36F6N4O6. The number of anilines is 2. The lowest BCUT2D eigenvalue weighted by Gasteiger charge is -2.26. The van der Waals surface area contributed by atoms with E-state index in [2.05, 4.69) is 10.6 Å². The summed E-state index contributed by atoms with van der Waals surface area (Å²) in [6.45, 7) is 0. The molecule has 16 heteroatoms. The van der Waals surface area contributed by atoms with Crippen molar-refractivity contribution in [3.63, 3.8) is 0 Å². The van der Waals surface area contributed by atoms with Gasteiger partial charge >= 0.3 is 0 Å². The number of benzene rings is 5. The number of halogens is 6. The Morgan fingerprint density at radius 1 is 0.517 bits per heavy atom. The van der Waals surface area contributed by atoms with Gasteiger partial charge in [-0.15, -0.1) is 0 Å². The summed E-state index contributed by atoms with van der Waals surface area (Å²) < 4.78 is 96.8. The van der Waals surface area contributed by atoms with Crippen LogP contribution in [-0.4, -0.2) is 64.0 Å². The van der Waals surface area contributed by atoms with Crippen LogP contribution in [0.1, 0.15) is 31.8 Å². The van der Waals surface area contributed by atoms with Gasteiger partial charge in [-0.05, 0) is 96.1 Å². The van der Waals surface area contributed by atoms with E-state index in [0.29, 0.717) is 47.1 Å². The second-order valence-electron chi connectivity index (χ2n) is 13.0. The Balaban J connectivity index is 1.49. The minimum absolute atomic E-state index is 0.0568. The number of carbonyl (C=O) groups is 4. The molecule has 0 aliphatic heterocycles. The number of nitrogens with one attached hydrogen (secondary N) is 2. The zero-order chi connectivity index (χ0) is 42.3. The Bertz CT molecular complexity index is 2120. The molecule has 0 unspecified atom stereocenters. The lowest BCUT2D eigenvalue weighted by atomic mass is 10.00. The summed E-state index contributed by atoms with van der Waals surface area (Å²) in [4.78, 5) is 58.0. The van der Waals surface area contributed by atoms with Crippen LogP contribution in [0.15, 0.2) is 97.1 Å². The molecule has 5 rings (SSSR count). The summed E-state index contributed by atoms with van der Waals surface area (Å²) in [5.74, 6) is -10.3. The number of ether oxygens (including phenoxy) is 2. The van der Waals surface area contributed by atoms with Crippen LogP contribution in [-0.2, 0) is 22.4 Å². The number of hydrogen-bond donors (Lipinski definition) is 2. The van der Waals surface area contributed by atoms with Gasteiger partial charge in [0.2, 0.25) is 11.8 Å². The van der Waals surface area contributed by atoms with E-state index in [1.807, 2.05) is 0 Å². The maximum Gasteiger partial charge on any atom is 0.252 e. The fourth-order valence-electron chi connectivity index (χ4n) is 6.06. The van der Waals surface area contributed by atoms with Crippen molar-refractivity contribution >= 4 is 35.0 Å². The van der Waals surface area contributed by atoms with Crippen LogP contribution in [0.2, 0.25) is 0 Å². The normalized spacial score (nSPS) is 11.9. The Morgan fingerprint density at radius 3 is 1.12 bits per heavy atom. The van der Waals surface area contributed by atoms with Gasteiger partial charge in [0.15, 0.2) is 11.6 Å². The van der Waals surface area contributed by atoms with Gasteiger partial charge in [0.25, 0.3) is 11.8 Å². The molecule has 0 saturated carbocycles. The summed E-state index contributed by atoms with van der Waals surface area (Å²) in [5, 5.41) is 4.75. The van der Waals surface area contributed by atoms with Gasteiger partial charge < -0.3 is 29.9 Å². The Kier molecular flexibility index (Phi) is 13.4. The average molecular weight is 807 g/mol. The molecule has 0 radical (unpaired) electrons. The van der Waals surface area contributed by atoms with Crippen LogP contribution in [0.4, 0.5) is 37.7 Å². The van der Waals surface area contributed by atoms with E-state index in [1.54, 1.807) is 24.3 Å². The zero-order valence-electron chi connectivity index (χ0n) is 31.4. The van der Waals surface area contributed by atoms with Gasteiger partial charge in [-0.2, -0.15) is 0 Å². The number of amides is 4. The van der Waals surface area contributed by atoms with Gasteiger partial charge in [0, 0.05) is 50.4 Å². The molecule has 5 aromatic carbocycles. The molecule has 0 heterocycles. The highest BCUT2D eigenvalue weighted by molar-refractivity contribution is 6.10. The van der Waals surface area contributed by atoms with Crippen LogP contribution >= 0.6 is 0 Å². The summed E-state index contributed by atoms with van der Waals surface area (Å²) in [7, 11) is 5.59. The quantitative estimate of drug-likeness (QED) is 0.123. The lowest BCUT2D eigenvalue weighted by Crippen LogP contribution is -2.50. The fourth-order valence-corrected chi connectivity index (χ4v) is 6.06. The fraction of sp³-hybridized carbons (Fsp3) is 0.190. The maximum absolute atomic E-state index is 14.8. The molecule has 2 atom stereocenters. The van der Waals surface area contributed by atoms with Crippen molar-refractivity contribution in [2.45, 2.75) is 24.9 Å². The van der Waals surface area contributed by atoms with Crippen LogP contribution in [0.3, 0.4) is 0 Å². The molecule has 4 amide bonds. The van der Waals surface area contributed by atoms with E-state index in [9.17, 15) is 45.5 Å². The van der Waals surface area contributed by atoms with Crippen molar-refractivity contribution in [2.75, 3.05) is 38.1 Å². The van der Waals surface area contributed by atoms with Crippen LogP contribution < -0.4 is 29.9 Å². The predicted molar refractivity (Wildman–Crippen MR) is 202 cm³/mol. The van der Waals surface area contributed by atoms with Crippen molar-refractivity contribution in [1.82, 2.24) is 10.6 Å². The SMILES string of the molecule is COc1ccc(N(C)C(=O)[C@H](Cc2cc(F)cc(F)c2)NC(=O)c2cc(F)c(F)cc2C(=O)N[C@@H](Cc2cc(F)cc(F)c2)C(=O)N(C)c2ccc(OC)cc2)cc1. The van der Waals surface area contributed by atoms with E-state index in [4.69, 9.17) is 9.47 Å². The molecular weight excluding hydrogens is 770 g/mol. The number of rotatable bonds is 14. The van der Waals surface area contributed by atoms with Crippen LogP contribution in [0.25, 0.3) is 0 Å². The topological polar surface area (TPSA) is 117 Å². The Morgan fingerprint density at radius 2 is 0.828 bits per heavy atom. The number of hydrogen-bond acceptors (Lipinski definition) is 6. The molecule has 0 saturated heterocycles. The molecule has 0 spiro atoms. The summed E-state index contributed by atoms with van der Waals surface area (Å²) >= 11 is 0. The van der Waals surface area contributed by atoms with Gasteiger partial charge in [0.1, 0.15) is 46.9 Å². The van der Waals surface area contributed by atoms with E-state index < -0.39 is 94.6 Å². The standard InChI is InChI=1S/C42H36F6N4O6/c1-51(29-5-9-31(57-3)10-6-29)41(55)37(17-23-13-25(43)19-26(44)14-23)49-39(53)33-21-35(47)36(48)22-34(33)40(54)50-38(18-24-15-27(45)20-28(46)16-24)42(56)52(2)30-7-11-32(58-4)12-8-30/h5-16,19-22,37-38H,17-18H2,1-4H3,(H,49,53)(H,50,54)/t37-,38-/m0/s1.